The van der Waals surface area contributed by atoms with Crippen LogP contribution in [0.4, 0.5) is 5.69 Å². The molecular weight excluding hydrogens is 158 g/mol. The SMILES string of the molecule is O=[N+]([O-])/C=C/Nc1cccnc1. The average Bonchev–Trinajstić information content (AvgIpc) is 2.05. The van der Waals surface area contributed by atoms with Crippen LogP contribution >= 0.6 is 0 Å². The molecule has 1 rings (SSSR count). The second kappa shape index (κ2) is 4.07. The van der Waals surface area contributed by atoms with Crippen LogP contribution in [0, 0.1) is 10.1 Å². The minimum atomic E-state index is -0.538. The van der Waals surface area contributed by atoms with E-state index in [0.717, 1.165) is 11.9 Å². The van der Waals surface area contributed by atoms with Crippen molar-refractivity contribution in [3.05, 3.63) is 47.0 Å². The minimum Gasteiger partial charge on any atom is -0.355 e. The van der Waals surface area contributed by atoms with Gasteiger partial charge in [0.15, 0.2) is 0 Å². The van der Waals surface area contributed by atoms with E-state index in [4.69, 9.17) is 0 Å². The quantitative estimate of drug-likeness (QED) is 0.540. The summed E-state index contributed by atoms with van der Waals surface area (Å²) in [7, 11) is 0. The maximum absolute atomic E-state index is 9.85. The monoisotopic (exact) mass is 165 g/mol. The van der Waals surface area contributed by atoms with Gasteiger partial charge in [-0.05, 0) is 12.1 Å². The Balaban J connectivity index is 2.49. The van der Waals surface area contributed by atoms with E-state index in [0.29, 0.717) is 0 Å². The van der Waals surface area contributed by atoms with Crippen molar-refractivity contribution in [2.24, 2.45) is 0 Å². The molecule has 5 heteroatoms. The molecule has 0 fully saturated rings. The van der Waals surface area contributed by atoms with E-state index in [-0.39, 0.29) is 0 Å². The minimum absolute atomic E-state index is 0.538. The maximum Gasteiger partial charge on any atom is 0.250 e. The third-order valence-corrected chi connectivity index (χ3v) is 1.11. The second-order valence-corrected chi connectivity index (χ2v) is 1.99. The molecule has 1 N–H and O–H groups in total. The first-order valence-corrected chi connectivity index (χ1v) is 3.26. The highest BCUT2D eigenvalue weighted by molar-refractivity contribution is 5.41. The third kappa shape index (κ3) is 2.78. The summed E-state index contributed by atoms with van der Waals surface area (Å²) in [5.74, 6) is 0. The number of hydrogen-bond acceptors (Lipinski definition) is 4. The number of pyridine rings is 1. The molecule has 0 atom stereocenters. The standard InChI is InChI=1S/C7H7N3O2/c11-10(12)5-4-9-7-2-1-3-8-6-7/h1-6,9H/b5-4+. The summed E-state index contributed by atoms with van der Waals surface area (Å²) >= 11 is 0. The number of nitro groups is 1. The lowest BCUT2D eigenvalue weighted by Crippen LogP contribution is -1.90. The van der Waals surface area contributed by atoms with Gasteiger partial charge in [-0.2, -0.15) is 0 Å². The predicted octanol–water partition coefficient (Wildman–Crippen LogP) is 1.24. The zero-order valence-corrected chi connectivity index (χ0v) is 6.18. The predicted molar refractivity (Wildman–Crippen MR) is 44.0 cm³/mol. The first-order chi connectivity index (χ1) is 5.79. The van der Waals surface area contributed by atoms with Crippen LogP contribution in [0.1, 0.15) is 0 Å². The summed E-state index contributed by atoms with van der Waals surface area (Å²) in [5, 5.41) is 12.5. The highest BCUT2D eigenvalue weighted by atomic mass is 16.6. The Morgan fingerprint density at radius 2 is 2.50 bits per heavy atom. The van der Waals surface area contributed by atoms with Gasteiger partial charge in [-0.3, -0.25) is 15.1 Å². The molecule has 0 saturated heterocycles. The van der Waals surface area contributed by atoms with Gasteiger partial charge in [-0.15, -0.1) is 0 Å². The number of rotatable bonds is 3. The average molecular weight is 165 g/mol. The largest absolute Gasteiger partial charge is 0.355 e. The van der Waals surface area contributed by atoms with Crippen LogP contribution in [-0.2, 0) is 0 Å². The molecule has 0 bridgehead atoms. The van der Waals surface area contributed by atoms with E-state index in [1.165, 1.54) is 6.20 Å². The van der Waals surface area contributed by atoms with Gasteiger partial charge in [0.2, 0.25) is 6.20 Å². The molecule has 12 heavy (non-hydrogen) atoms. The van der Waals surface area contributed by atoms with E-state index < -0.39 is 4.92 Å². The molecule has 0 aliphatic carbocycles. The summed E-state index contributed by atoms with van der Waals surface area (Å²) in [6.07, 6.45) is 5.27. The van der Waals surface area contributed by atoms with Gasteiger partial charge in [0.1, 0.15) is 0 Å². The zero-order chi connectivity index (χ0) is 8.81. The van der Waals surface area contributed by atoms with Crippen molar-refractivity contribution >= 4 is 5.69 Å². The molecule has 5 nitrogen and oxygen atoms in total. The molecular formula is C7H7N3O2. The van der Waals surface area contributed by atoms with Gasteiger partial charge in [0, 0.05) is 6.20 Å². The van der Waals surface area contributed by atoms with Gasteiger partial charge < -0.3 is 5.32 Å². The Labute approximate surface area is 68.9 Å². The normalized spacial score (nSPS) is 10.0. The van der Waals surface area contributed by atoms with Gasteiger partial charge >= 0.3 is 0 Å². The molecule has 62 valence electrons. The number of nitrogens with zero attached hydrogens (tertiary/aromatic N) is 2. The topological polar surface area (TPSA) is 68.1 Å². The first kappa shape index (κ1) is 8.19. The zero-order valence-electron chi connectivity index (χ0n) is 6.18. The Hall–Kier alpha value is -1.91. The van der Waals surface area contributed by atoms with Crippen molar-refractivity contribution < 1.29 is 4.92 Å². The molecule has 0 aliphatic heterocycles. The lowest BCUT2D eigenvalue weighted by Gasteiger charge is -1.95. The Kier molecular flexibility index (Phi) is 2.78. The fraction of sp³-hybridized carbons (Fsp3) is 0. The summed E-state index contributed by atoms with van der Waals surface area (Å²) in [5.41, 5.74) is 0.718. The second-order valence-electron chi connectivity index (χ2n) is 1.99. The summed E-state index contributed by atoms with van der Waals surface area (Å²) in [6.45, 7) is 0. The summed E-state index contributed by atoms with van der Waals surface area (Å²) in [6, 6.07) is 3.50. The molecule has 0 amide bonds. The van der Waals surface area contributed by atoms with E-state index in [1.807, 2.05) is 0 Å². The fourth-order valence-corrected chi connectivity index (χ4v) is 0.642. The van der Waals surface area contributed by atoms with Crippen LogP contribution in [0.2, 0.25) is 0 Å². The summed E-state index contributed by atoms with van der Waals surface area (Å²) in [4.78, 5) is 13.1. The molecule has 0 unspecified atom stereocenters. The fourth-order valence-electron chi connectivity index (χ4n) is 0.642. The summed E-state index contributed by atoms with van der Waals surface area (Å²) < 4.78 is 0. The maximum atomic E-state index is 9.85. The Bertz CT molecular complexity index is 284. The van der Waals surface area contributed by atoms with Crippen LogP contribution < -0.4 is 5.32 Å². The molecule has 0 spiro atoms. The van der Waals surface area contributed by atoms with E-state index in [2.05, 4.69) is 10.3 Å². The Morgan fingerprint density at radius 1 is 1.67 bits per heavy atom. The third-order valence-electron chi connectivity index (χ3n) is 1.11. The van der Waals surface area contributed by atoms with Crippen molar-refractivity contribution in [1.82, 2.24) is 4.98 Å². The van der Waals surface area contributed by atoms with Crippen molar-refractivity contribution in [2.45, 2.75) is 0 Å². The van der Waals surface area contributed by atoms with E-state index in [1.54, 1.807) is 24.5 Å². The van der Waals surface area contributed by atoms with Crippen LogP contribution in [0.3, 0.4) is 0 Å². The highest BCUT2D eigenvalue weighted by Gasteiger charge is 1.86. The number of nitrogens with one attached hydrogen (secondary N) is 1. The van der Waals surface area contributed by atoms with Gasteiger partial charge in [0.05, 0.1) is 23.0 Å². The van der Waals surface area contributed by atoms with Gasteiger partial charge in [-0.1, -0.05) is 0 Å². The van der Waals surface area contributed by atoms with Crippen molar-refractivity contribution in [3.8, 4) is 0 Å². The van der Waals surface area contributed by atoms with Crippen molar-refractivity contribution in [1.29, 1.82) is 0 Å². The first-order valence-electron chi connectivity index (χ1n) is 3.26. The van der Waals surface area contributed by atoms with E-state index in [9.17, 15) is 10.1 Å². The lowest BCUT2D eigenvalue weighted by molar-refractivity contribution is -0.402. The van der Waals surface area contributed by atoms with Gasteiger partial charge in [-0.25, -0.2) is 0 Å². The smallest absolute Gasteiger partial charge is 0.250 e. The molecule has 0 saturated carbocycles. The molecule has 1 aromatic rings. The van der Waals surface area contributed by atoms with E-state index >= 15 is 0 Å². The molecule has 1 aromatic heterocycles. The van der Waals surface area contributed by atoms with Crippen LogP contribution in [0.5, 0.6) is 0 Å². The number of anilines is 1. The highest BCUT2D eigenvalue weighted by Crippen LogP contribution is 2.01. The lowest BCUT2D eigenvalue weighted by atomic mass is 10.4. The molecule has 0 radical (unpaired) electrons. The molecule has 0 aliphatic rings. The van der Waals surface area contributed by atoms with Gasteiger partial charge in [0.25, 0.3) is 0 Å². The molecule has 1 heterocycles. The van der Waals surface area contributed by atoms with Crippen LogP contribution in [0.25, 0.3) is 0 Å². The molecule has 0 aromatic carbocycles. The van der Waals surface area contributed by atoms with Crippen LogP contribution in [-0.4, -0.2) is 9.91 Å². The van der Waals surface area contributed by atoms with Crippen molar-refractivity contribution in [3.63, 3.8) is 0 Å². The Morgan fingerprint density at radius 3 is 3.08 bits per heavy atom. The number of hydrogen-bond donors (Lipinski definition) is 1. The van der Waals surface area contributed by atoms with Crippen LogP contribution in [0.15, 0.2) is 36.9 Å². The number of aromatic nitrogens is 1. The van der Waals surface area contributed by atoms with Crippen molar-refractivity contribution in [2.75, 3.05) is 5.32 Å².